The smallest absolute Gasteiger partial charge is 0.300 e. The summed E-state index contributed by atoms with van der Waals surface area (Å²) in [5.41, 5.74) is 6.96. The van der Waals surface area contributed by atoms with Crippen molar-refractivity contribution in [1.82, 2.24) is 0 Å². The van der Waals surface area contributed by atoms with Crippen LogP contribution < -0.4 is 10.1 Å². The molecule has 0 radical (unpaired) electrons. The fourth-order valence-electron chi connectivity index (χ4n) is 7.22. The lowest BCUT2D eigenvalue weighted by Gasteiger charge is -2.39. The number of benzene rings is 6. The van der Waals surface area contributed by atoms with Gasteiger partial charge in [0.1, 0.15) is 0 Å². The van der Waals surface area contributed by atoms with E-state index in [-0.39, 0.29) is 17.9 Å². The number of nitrogens with zero attached hydrogens (tertiary/aromatic N) is 3. The van der Waals surface area contributed by atoms with E-state index in [9.17, 15) is 5.11 Å². The molecule has 2 atom stereocenters. The van der Waals surface area contributed by atoms with Crippen LogP contribution in [0.25, 0.3) is 16.8 Å². The van der Waals surface area contributed by atoms with Gasteiger partial charge in [0.25, 0.3) is 5.70 Å². The van der Waals surface area contributed by atoms with Crippen LogP contribution >= 0.6 is 0 Å². The zero-order chi connectivity index (χ0) is 35.0. The minimum absolute atomic E-state index is 0.254. The van der Waals surface area contributed by atoms with Gasteiger partial charge in [-0.15, -0.1) is 5.01 Å². The first-order valence-electron chi connectivity index (χ1n) is 17.7. The SMILES string of the molecule is CC(C)C[C@H]([NH+]1C=C(c2ccccc2-c2ccccc2)[N+](Cc2ccccc2)=N1)C(N=C([O-])c1ccccc1)(c1ccccc1)c1ccccc1. The number of rotatable bonds is 12. The second-order valence-electron chi connectivity index (χ2n) is 13.5. The Bertz CT molecular complexity index is 2090. The third kappa shape index (κ3) is 7.21. The van der Waals surface area contributed by atoms with Crippen molar-refractivity contribution in [3.63, 3.8) is 0 Å². The zero-order valence-electron chi connectivity index (χ0n) is 29.1. The Morgan fingerprint density at radius 1 is 0.647 bits per heavy atom. The average Bonchev–Trinajstić information content (AvgIpc) is 3.60. The number of nitrogens with one attached hydrogen (secondary N) is 1. The molecule has 1 N–H and O–H groups in total. The van der Waals surface area contributed by atoms with Gasteiger partial charge in [-0.3, -0.25) is 4.99 Å². The largest absolute Gasteiger partial charge is 0.858 e. The van der Waals surface area contributed by atoms with Crippen LogP contribution in [0.5, 0.6) is 0 Å². The Morgan fingerprint density at radius 3 is 1.71 bits per heavy atom. The third-order valence-electron chi connectivity index (χ3n) is 9.56. The van der Waals surface area contributed by atoms with Crippen molar-refractivity contribution in [2.24, 2.45) is 16.1 Å². The maximum absolute atomic E-state index is 14.4. The standard InChI is InChI=1S/C46H42N4O/c1-35(2)32-44(46(39-26-14-6-15-27-39,40-28-16-7-17-29-40)47-45(51)38-24-12-5-13-25-38)50-34-43(49(48-50)33-36-20-8-3-9-21-36)42-31-19-18-30-41(42)37-22-10-4-11-23-37/h3-31,34-35,44H,32-33H2,1-2H3/p+1/t44-/m0/s1. The summed E-state index contributed by atoms with van der Waals surface area (Å²) in [5, 5.41) is 20.8. The molecule has 5 heteroatoms. The van der Waals surface area contributed by atoms with E-state index in [2.05, 4.69) is 122 Å². The van der Waals surface area contributed by atoms with Crippen molar-refractivity contribution < 1.29 is 14.8 Å². The Morgan fingerprint density at radius 2 is 1.14 bits per heavy atom. The summed E-state index contributed by atoms with van der Waals surface area (Å²) < 4.78 is 2.14. The lowest BCUT2D eigenvalue weighted by Crippen LogP contribution is -3.09. The van der Waals surface area contributed by atoms with Gasteiger partial charge in [-0.1, -0.05) is 184 Å². The quantitative estimate of drug-likeness (QED) is 0.0797. The van der Waals surface area contributed by atoms with Gasteiger partial charge in [0.05, 0.1) is 5.56 Å². The first-order valence-corrected chi connectivity index (χ1v) is 17.7. The molecule has 1 aliphatic rings. The Kier molecular flexibility index (Phi) is 10.1. The highest BCUT2D eigenvalue weighted by Gasteiger charge is 2.52. The Hall–Kier alpha value is -5.91. The predicted molar refractivity (Wildman–Crippen MR) is 204 cm³/mol. The maximum Gasteiger partial charge on any atom is 0.300 e. The summed E-state index contributed by atoms with van der Waals surface area (Å²) in [6.07, 6.45) is 3.00. The molecule has 7 rings (SSSR count). The molecule has 1 unspecified atom stereocenters. The number of hydrogen-bond acceptors (Lipinski definition) is 3. The van der Waals surface area contributed by atoms with Crippen LogP contribution in [0.15, 0.2) is 192 Å². The molecule has 0 aromatic heterocycles. The summed E-state index contributed by atoms with van der Waals surface area (Å²) >= 11 is 0. The van der Waals surface area contributed by atoms with Crippen molar-refractivity contribution in [1.29, 1.82) is 0 Å². The van der Waals surface area contributed by atoms with Gasteiger partial charge in [-0.25, -0.2) is 0 Å². The molecular formula is C46H43N4O+. The lowest BCUT2D eigenvalue weighted by molar-refractivity contribution is -0.926. The molecule has 0 saturated carbocycles. The molecule has 6 aromatic rings. The van der Waals surface area contributed by atoms with E-state index in [4.69, 9.17) is 10.2 Å². The van der Waals surface area contributed by atoms with Crippen molar-refractivity contribution in [3.05, 3.63) is 210 Å². The molecule has 1 aliphatic heterocycles. The Balaban J connectivity index is 1.49. The first kappa shape index (κ1) is 33.6. The molecule has 0 aliphatic carbocycles. The van der Waals surface area contributed by atoms with Crippen LogP contribution in [0.2, 0.25) is 0 Å². The van der Waals surface area contributed by atoms with Gasteiger partial charge in [0, 0.05) is 12.0 Å². The van der Waals surface area contributed by atoms with E-state index in [1.807, 2.05) is 78.9 Å². The number of quaternary nitrogens is 1. The van der Waals surface area contributed by atoms with Gasteiger partial charge in [0.15, 0.2) is 16.8 Å². The second-order valence-corrected chi connectivity index (χ2v) is 13.5. The van der Waals surface area contributed by atoms with Crippen molar-refractivity contribution in [2.45, 2.75) is 38.4 Å². The fourth-order valence-corrected chi connectivity index (χ4v) is 7.22. The highest BCUT2D eigenvalue weighted by Crippen LogP contribution is 2.40. The molecule has 252 valence electrons. The van der Waals surface area contributed by atoms with Gasteiger partial charge < -0.3 is 5.11 Å². The summed E-state index contributed by atoms with van der Waals surface area (Å²) in [6.45, 7) is 5.07. The first-order chi connectivity index (χ1) is 25.0. The van der Waals surface area contributed by atoms with E-state index in [1.54, 1.807) is 0 Å². The van der Waals surface area contributed by atoms with E-state index in [0.29, 0.717) is 12.1 Å². The zero-order valence-corrected chi connectivity index (χ0v) is 29.1. The molecule has 0 spiro atoms. The highest BCUT2D eigenvalue weighted by atomic mass is 16.3. The maximum atomic E-state index is 14.4. The predicted octanol–water partition coefficient (Wildman–Crippen LogP) is 8.30. The molecule has 0 amide bonds. The van der Waals surface area contributed by atoms with Crippen LogP contribution in [0.4, 0.5) is 0 Å². The monoisotopic (exact) mass is 667 g/mol. The number of aliphatic imine (C=N–C) groups is 1. The fraction of sp³-hybridized carbons (Fsp3) is 0.152. The third-order valence-corrected chi connectivity index (χ3v) is 9.56. The van der Waals surface area contributed by atoms with E-state index in [1.165, 1.54) is 0 Å². The Labute approximate surface area is 301 Å². The van der Waals surface area contributed by atoms with Crippen LogP contribution in [0.1, 0.15) is 48.1 Å². The van der Waals surface area contributed by atoms with E-state index < -0.39 is 5.54 Å². The van der Waals surface area contributed by atoms with Gasteiger partial charge in [-0.05, 0) is 50.4 Å². The number of hydrogen-bond donors (Lipinski definition) is 1. The van der Waals surface area contributed by atoms with E-state index in [0.717, 1.165) is 50.5 Å². The summed E-state index contributed by atoms with van der Waals surface area (Å²) in [4.78, 5) is 5.32. The van der Waals surface area contributed by atoms with Crippen LogP contribution in [0, 0.1) is 5.92 Å². The average molecular weight is 668 g/mol. The molecule has 6 aromatic carbocycles. The van der Waals surface area contributed by atoms with Crippen LogP contribution in [-0.4, -0.2) is 16.6 Å². The van der Waals surface area contributed by atoms with Crippen molar-refractivity contribution >= 4 is 11.6 Å². The van der Waals surface area contributed by atoms with Crippen LogP contribution in [-0.2, 0) is 12.1 Å². The van der Waals surface area contributed by atoms with E-state index >= 15 is 0 Å². The van der Waals surface area contributed by atoms with Crippen molar-refractivity contribution in [2.75, 3.05) is 0 Å². The summed E-state index contributed by atoms with van der Waals surface area (Å²) in [7, 11) is 0. The highest BCUT2D eigenvalue weighted by molar-refractivity contribution is 5.91. The molecular weight excluding hydrogens is 625 g/mol. The molecule has 0 fully saturated rings. The topological polar surface area (TPSA) is 55.2 Å². The van der Waals surface area contributed by atoms with Gasteiger partial charge in [-0.2, -0.15) is 0 Å². The normalized spacial score (nSPS) is 15.4. The van der Waals surface area contributed by atoms with Crippen molar-refractivity contribution in [3.8, 4) is 11.1 Å². The molecule has 0 bridgehead atoms. The summed E-state index contributed by atoms with van der Waals surface area (Å²) in [5.74, 6) is 0.0265. The van der Waals surface area contributed by atoms with Crippen LogP contribution in [0.3, 0.4) is 0 Å². The second kappa shape index (κ2) is 15.3. The molecule has 51 heavy (non-hydrogen) atoms. The van der Waals surface area contributed by atoms with Gasteiger partial charge >= 0.3 is 0 Å². The van der Waals surface area contributed by atoms with Gasteiger partial charge in [0.2, 0.25) is 12.7 Å². The minimum Gasteiger partial charge on any atom is -0.858 e. The molecule has 5 nitrogen and oxygen atoms in total. The molecule has 0 saturated heterocycles. The summed E-state index contributed by atoms with van der Waals surface area (Å²) in [6, 6.07) is 59.3. The minimum atomic E-state index is -1.07. The molecule has 1 heterocycles. The lowest BCUT2D eigenvalue weighted by atomic mass is 9.74.